The summed E-state index contributed by atoms with van der Waals surface area (Å²) in [5, 5.41) is 25.4. The van der Waals surface area contributed by atoms with E-state index in [1.54, 1.807) is 18.2 Å². The van der Waals surface area contributed by atoms with Crippen molar-refractivity contribution in [3.63, 3.8) is 0 Å². The number of anilines is 1. The van der Waals surface area contributed by atoms with Crippen molar-refractivity contribution in [3.05, 3.63) is 67.0 Å². The van der Waals surface area contributed by atoms with Gasteiger partial charge in [0.05, 0.1) is 42.1 Å². The van der Waals surface area contributed by atoms with E-state index >= 15 is 0 Å². The lowest BCUT2D eigenvalue weighted by Gasteiger charge is -2.16. The highest BCUT2D eigenvalue weighted by atomic mass is 35.5. The fourth-order valence-corrected chi connectivity index (χ4v) is 6.28. The molecule has 0 bridgehead atoms. The minimum atomic E-state index is -1.41. The molecule has 32 heavy (non-hydrogen) atoms. The Kier molecular flexibility index (Phi) is 6.24. The van der Waals surface area contributed by atoms with Crippen molar-refractivity contribution >= 4 is 67.8 Å². The second-order valence-corrected chi connectivity index (χ2v) is 9.81. The zero-order valence-corrected chi connectivity index (χ0v) is 19.0. The van der Waals surface area contributed by atoms with E-state index in [-0.39, 0.29) is 39.3 Å². The van der Waals surface area contributed by atoms with Crippen LogP contribution in [0, 0.1) is 10.1 Å². The van der Waals surface area contributed by atoms with E-state index in [0.29, 0.717) is 21.2 Å². The predicted octanol–water partition coefficient (Wildman–Crippen LogP) is 4.74. The van der Waals surface area contributed by atoms with Gasteiger partial charge in [-0.25, -0.2) is 9.78 Å². The molecule has 0 aliphatic carbocycles. The number of benzene rings is 2. The number of hydrogen-bond donors (Lipinski definition) is 2. The van der Waals surface area contributed by atoms with Gasteiger partial charge in [0, 0.05) is 28.5 Å². The maximum atomic E-state index is 12.6. The summed E-state index contributed by atoms with van der Waals surface area (Å²) < 4.78 is 12.6. The van der Waals surface area contributed by atoms with Gasteiger partial charge in [0.1, 0.15) is 5.71 Å². The van der Waals surface area contributed by atoms with E-state index < -0.39 is 21.7 Å². The zero-order valence-electron chi connectivity index (χ0n) is 15.9. The summed E-state index contributed by atoms with van der Waals surface area (Å²) in [6, 6.07) is 9.13. The average Bonchev–Trinajstić information content (AvgIpc) is 3.16. The van der Waals surface area contributed by atoms with E-state index in [4.69, 9.17) is 23.2 Å². The Morgan fingerprint density at radius 1 is 1.31 bits per heavy atom. The lowest BCUT2D eigenvalue weighted by molar-refractivity contribution is -0.385. The SMILES string of the molecule is O=C(O)/C(Cc1ccccc1[N+](=O)[O-])=N\Nc1nc2c(s1)CS(=O)c1c-2ccc(Cl)c1Cl. The summed E-state index contributed by atoms with van der Waals surface area (Å²) in [6.45, 7) is 0. The number of nitro groups is 1. The Balaban J connectivity index is 1.64. The second kappa shape index (κ2) is 8.94. The number of carboxylic acids is 1. The Labute approximate surface area is 197 Å². The molecule has 4 rings (SSSR count). The Morgan fingerprint density at radius 3 is 2.78 bits per heavy atom. The number of halogens is 2. The molecule has 1 aliphatic heterocycles. The number of para-hydroxylation sites is 1. The first kappa shape index (κ1) is 22.3. The number of hydrogen-bond acceptors (Lipinski definition) is 8. The van der Waals surface area contributed by atoms with Crippen LogP contribution in [0.25, 0.3) is 11.3 Å². The average molecular weight is 511 g/mol. The summed E-state index contributed by atoms with van der Waals surface area (Å²) in [7, 11) is -1.41. The third-order valence-corrected chi connectivity index (χ3v) is 8.06. The number of aromatic nitrogens is 1. The van der Waals surface area contributed by atoms with Crippen LogP contribution in [0.1, 0.15) is 10.4 Å². The standard InChI is InChI=1S/C19H12Cl2N4O5S2/c20-11-6-5-10-16-14(8-32(30)17(10)15(11)21)31-19(22-16)24-23-12(18(26)27)7-9-3-1-2-4-13(9)25(28)29/h1-6H,7-8H2,(H,22,24)(H,26,27)/b23-12-. The van der Waals surface area contributed by atoms with Crippen LogP contribution in [0.15, 0.2) is 46.4 Å². The molecule has 3 aromatic rings. The van der Waals surface area contributed by atoms with Gasteiger partial charge >= 0.3 is 5.97 Å². The van der Waals surface area contributed by atoms with Crippen molar-refractivity contribution in [3.8, 4) is 11.3 Å². The molecule has 0 saturated heterocycles. The lowest BCUT2D eigenvalue weighted by atomic mass is 10.1. The molecule has 0 fully saturated rings. The number of rotatable bonds is 6. The predicted molar refractivity (Wildman–Crippen MR) is 123 cm³/mol. The third kappa shape index (κ3) is 4.24. The molecule has 0 amide bonds. The van der Waals surface area contributed by atoms with Gasteiger partial charge in [-0.05, 0) is 12.1 Å². The topological polar surface area (TPSA) is 135 Å². The van der Waals surface area contributed by atoms with Gasteiger partial charge in [-0.1, -0.05) is 52.7 Å². The molecule has 0 saturated carbocycles. The largest absolute Gasteiger partial charge is 0.477 e. The van der Waals surface area contributed by atoms with E-state index in [1.807, 2.05) is 0 Å². The molecule has 0 spiro atoms. The molecule has 2 aromatic carbocycles. The smallest absolute Gasteiger partial charge is 0.352 e. The molecule has 1 aliphatic rings. The minimum Gasteiger partial charge on any atom is -0.477 e. The third-order valence-electron chi connectivity index (χ3n) is 4.57. The van der Waals surface area contributed by atoms with Crippen LogP contribution in [0.4, 0.5) is 10.8 Å². The number of hydrazone groups is 1. The fraction of sp³-hybridized carbons (Fsp3) is 0.105. The zero-order chi connectivity index (χ0) is 23.0. The fourth-order valence-electron chi connectivity index (χ4n) is 3.14. The van der Waals surface area contributed by atoms with E-state index in [9.17, 15) is 24.2 Å². The van der Waals surface area contributed by atoms with E-state index in [0.717, 1.165) is 4.88 Å². The first-order valence-corrected chi connectivity index (χ1v) is 11.8. The molecule has 1 atom stereocenters. The number of thiazole rings is 1. The van der Waals surface area contributed by atoms with E-state index in [1.165, 1.54) is 29.5 Å². The molecule has 1 aromatic heterocycles. The number of carboxylic acid groups (broad SMARTS) is 1. The van der Waals surface area contributed by atoms with Crippen LogP contribution in [0.5, 0.6) is 0 Å². The van der Waals surface area contributed by atoms with Gasteiger partial charge in [0.15, 0.2) is 0 Å². The monoisotopic (exact) mass is 510 g/mol. The number of fused-ring (bicyclic) bond motifs is 3. The van der Waals surface area contributed by atoms with Crippen LogP contribution < -0.4 is 5.43 Å². The Hall–Kier alpha value is -2.86. The number of aliphatic carboxylic acids is 1. The summed E-state index contributed by atoms with van der Waals surface area (Å²) in [5.41, 5.74) is 3.46. The maximum absolute atomic E-state index is 12.6. The maximum Gasteiger partial charge on any atom is 0.352 e. The van der Waals surface area contributed by atoms with Crippen molar-refractivity contribution in [2.24, 2.45) is 5.10 Å². The van der Waals surface area contributed by atoms with Crippen LogP contribution >= 0.6 is 34.5 Å². The van der Waals surface area contributed by atoms with E-state index in [2.05, 4.69) is 15.5 Å². The van der Waals surface area contributed by atoms with Crippen molar-refractivity contribution < 1.29 is 19.0 Å². The highest BCUT2D eigenvalue weighted by molar-refractivity contribution is 7.84. The van der Waals surface area contributed by atoms with Crippen LogP contribution in [-0.2, 0) is 27.8 Å². The molecule has 0 radical (unpaired) electrons. The molecule has 9 nitrogen and oxygen atoms in total. The summed E-state index contributed by atoms with van der Waals surface area (Å²) in [5.74, 6) is -1.14. The van der Waals surface area contributed by atoms with Crippen LogP contribution in [0.2, 0.25) is 10.0 Å². The lowest BCUT2D eigenvalue weighted by Crippen LogP contribution is -2.18. The Morgan fingerprint density at radius 2 is 2.06 bits per heavy atom. The van der Waals surface area contributed by atoms with Crippen molar-refractivity contribution in [1.29, 1.82) is 0 Å². The van der Waals surface area contributed by atoms with Crippen molar-refractivity contribution in [1.82, 2.24) is 4.98 Å². The first-order chi connectivity index (χ1) is 15.3. The molecule has 164 valence electrons. The second-order valence-electron chi connectivity index (χ2n) is 6.56. The molecular weight excluding hydrogens is 499 g/mol. The van der Waals surface area contributed by atoms with Crippen LogP contribution in [0.3, 0.4) is 0 Å². The first-order valence-electron chi connectivity index (χ1n) is 8.91. The molecule has 1 unspecified atom stereocenters. The van der Waals surface area contributed by atoms with Gasteiger partial charge in [0.25, 0.3) is 5.69 Å². The molecular formula is C19H12Cl2N4O5S2. The minimum absolute atomic E-state index is 0.188. The molecule has 2 N–H and O–H groups in total. The Bertz CT molecular complexity index is 1330. The van der Waals surface area contributed by atoms with Gasteiger partial charge in [-0.2, -0.15) is 5.10 Å². The highest BCUT2D eigenvalue weighted by Gasteiger charge is 2.29. The van der Waals surface area contributed by atoms with Gasteiger partial charge in [0.2, 0.25) is 5.13 Å². The summed E-state index contributed by atoms with van der Waals surface area (Å²) in [4.78, 5) is 27.8. The normalized spacial score (nSPS) is 15.1. The van der Waals surface area contributed by atoms with Gasteiger partial charge in [-0.15, -0.1) is 0 Å². The highest BCUT2D eigenvalue weighted by Crippen LogP contribution is 2.44. The van der Waals surface area contributed by atoms with Gasteiger partial charge in [-0.3, -0.25) is 19.7 Å². The van der Waals surface area contributed by atoms with Crippen molar-refractivity contribution in [2.75, 3.05) is 5.43 Å². The summed E-state index contributed by atoms with van der Waals surface area (Å²) in [6.07, 6.45) is -0.258. The number of nitrogens with zero attached hydrogens (tertiary/aromatic N) is 3. The number of nitro benzene ring substituents is 1. The quantitative estimate of drug-likeness (QED) is 0.277. The van der Waals surface area contributed by atoms with Crippen LogP contribution in [-0.4, -0.2) is 30.9 Å². The molecule has 2 heterocycles. The van der Waals surface area contributed by atoms with Crippen molar-refractivity contribution in [2.45, 2.75) is 17.1 Å². The number of nitrogens with one attached hydrogen (secondary N) is 1. The van der Waals surface area contributed by atoms with Gasteiger partial charge < -0.3 is 5.11 Å². The summed E-state index contributed by atoms with van der Waals surface area (Å²) >= 11 is 13.5. The molecule has 13 heteroatoms. The number of carbonyl (C=O) groups is 1.